The van der Waals surface area contributed by atoms with Crippen molar-refractivity contribution >= 4 is 75.9 Å². The van der Waals surface area contributed by atoms with Gasteiger partial charge in [-0.15, -0.1) is 10.2 Å². The number of azo groups is 1. The number of phenolic OH excluding ortho intramolecular Hbond substituents is 1. The van der Waals surface area contributed by atoms with E-state index in [1.54, 1.807) is 7.05 Å². The molecule has 0 saturated heterocycles. The highest BCUT2D eigenvalue weighted by atomic mass is 32.2. The van der Waals surface area contributed by atoms with Crippen molar-refractivity contribution < 1.29 is 44.0 Å². The number of aromatic hydroxyl groups is 1. The maximum Gasteiger partial charge on any atom is 0.350 e. The third-order valence-corrected chi connectivity index (χ3v) is 9.82. The maximum absolute atomic E-state index is 12.2. The Morgan fingerprint density at radius 2 is 1.68 bits per heavy atom. The number of benzene rings is 3. The van der Waals surface area contributed by atoms with Crippen LogP contribution in [0.1, 0.15) is 12.0 Å². The Bertz CT molecular complexity index is 2260. The van der Waals surface area contributed by atoms with Crippen LogP contribution in [-0.2, 0) is 36.9 Å². The van der Waals surface area contributed by atoms with Crippen LogP contribution in [-0.4, -0.2) is 84.6 Å². The normalized spacial score (nSPS) is 12.5. The third kappa shape index (κ3) is 9.21. The summed E-state index contributed by atoms with van der Waals surface area (Å²) in [5.74, 6) is -0.773. The number of H-pyrrole nitrogens is 1. The largest absolute Gasteiger partial charge is 0.507 e. The molecule has 0 aliphatic carbocycles. The Balaban J connectivity index is 1.69. The van der Waals surface area contributed by atoms with Crippen LogP contribution in [0.15, 0.2) is 72.4 Å². The fourth-order valence-corrected chi connectivity index (χ4v) is 6.87. The Hall–Kier alpha value is -4.19. The first-order valence-electron chi connectivity index (χ1n) is 13.1. The van der Waals surface area contributed by atoms with Gasteiger partial charge in [0.2, 0.25) is 5.95 Å². The van der Waals surface area contributed by atoms with Gasteiger partial charge in [-0.2, -0.15) is 35.2 Å². The fraction of sp³-hybridized carbons (Fsp3) is 0.240. The number of aromatic nitrogens is 3. The predicted octanol–water partition coefficient (Wildman–Crippen LogP) is 2.98. The van der Waals surface area contributed by atoms with Gasteiger partial charge in [0.1, 0.15) is 22.0 Å². The van der Waals surface area contributed by atoms with E-state index in [0.717, 1.165) is 30.0 Å². The van der Waals surface area contributed by atoms with E-state index < -0.39 is 57.3 Å². The van der Waals surface area contributed by atoms with Crippen LogP contribution in [0.25, 0.3) is 10.8 Å². The molecule has 0 saturated carbocycles. The van der Waals surface area contributed by atoms with Gasteiger partial charge in [0.15, 0.2) is 5.16 Å². The van der Waals surface area contributed by atoms with Gasteiger partial charge in [-0.25, -0.2) is 4.79 Å². The molecule has 0 aliphatic rings. The lowest BCUT2D eigenvalue weighted by molar-refractivity contribution is 0.471. The molecular weight excluding hydrogens is 703 g/mol. The molecule has 6 N–H and O–H groups in total. The van der Waals surface area contributed by atoms with Gasteiger partial charge in [0, 0.05) is 32.5 Å². The van der Waals surface area contributed by atoms with Gasteiger partial charge in [0.25, 0.3) is 30.4 Å². The Kier molecular flexibility index (Phi) is 10.5. The van der Waals surface area contributed by atoms with Gasteiger partial charge in [-0.3, -0.25) is 18.6 Å². The number of phenols is 1. The number of fused-ring (bicyclic) bond motifs is 1. The number of nitrogens with one attached hydrogen (secondary N) is 2. The van der Waals surface area contributed by atoms with Crippen molar-refractivity contribution in [3.63, 3.8) is 0 Å². The van der Waals surface area contributed by atoms with Crippen molar-refractivity contribution in [3.8, 4) is 5.75 Å². The summed E-state index contributed by atoms with van der Waals surface area (Å²) in [5, 5.41) is 21.9. The standard InChI is InChI=1S/C25H27N7O11S4/c1-26-17-6-5-15-11-16(46(38,39)40)12-19(33)21(15)22(17)31-30-18-10-14(4-7-20(18)47(41,42)43)13-32(2)23-27-24(34)29-25(28-23)44-8-3-9-45(35,36)37/h4-7,10-12,26,33H,3,8-9,13H2,1-2H3,(H,35,36,37)(H,38,39,40)(H,41,42,43)(H,27,28,29,34). The van der Waals surface area contributed by atoms with Gasteiger partial charge >= 0.3 is 5.69 Å². The molecule has 18 nitrogen and oxygen atoms in total. The molecule has 0 fully saturated rings. The molecule has 0 radical (unpaired) electrons. The minimum atomic E-state index is -4.81. The highest BCUT2D eigenvalue weighted by Crippen LogP contribution is 2.42. The molecule has 0 unspecified atom stereocenters. The molecule has 3 aromatic carbocycles. The highest BCUT2D eigenvalue weighted by Gasteiger charge is 2.20. The quantitative estimate of drug-likeness (QED) is 0.0499. The van der Waals surface area contributed by atoms with Crippen LogP contribution >= 0.6 is 11.8 Å². The van der Waals surface area contributed by atoms with E-state index >= 15 is 0 Å². The lowest BCUT2D eigenvalue weighted by Crippen LogP contribution is -2.24. The summed E-state index contributed by atoms with van der Waals surface area (Å²) >= 11 is 1.000. The first-order valence-corrected chi connectivity index (χ1v) is 18.6. The summed E-state index contributed by atoms with van der Waals surface area (Å²) in [6.07, 6.45) is 0.0854. The van der Waals surface area contributed by atoms with Crippen LogP contribution in [0.4, 0.5) is 23.0 Å². The smallest absolute Gasteiger partial charge is 0.350 e. The molecule has 4 aromatic rings. The zero-order valence-electron chi connectivity index (χ0n) is 24.4. The SMILES string of the molecule is CNc1ccc2cc(S(=O)(=O)O)cc(O)c2c1N=Nc1cc(CN(C)c2nc(SCCCS(=O)(=O)O)nc(=O)[nH]2)ccc1S(=O)(=O)O. The summed E-state index contributed by atoms with van der Waals surface area (Å²) in [6.45, 7) is 0.0172. The van der Waals surface area contributed by atoms with Gasteiger partial charge in [-0.05, 0) is 41.6 Å². The molecule has 4 rings (SSSR count). The van der Waals surface area contributed by atoms with E-state index in [0.29, 0.717) is 11.3 Å². The monoisotopic (exact) mass is 729 g/mol. The lowest BCUT2D eigenvalue weighted by Gasteiger charge is -2.18. The Morgan fingerprint density at radius 1 is 0.957 bits per heavy atom. The second-order valence-corrected chi connectivity index (χ2v) is 15.3. The van der Waals surface area contributed by atoms with Crippen molar-refractivity contribution in [1.82, 2.24) is 15.0 Å². The second kappa shape index (κ2) is 13.9. The first-order chi connectivity index (χ1) is 21.9. The summed E-state index contributed by atoms with van der Waals surface area (Å²) < 4.78 is 97.7. The van der Waals surface area contributed by atoms with Crippen molar-refractivity contribution in [1.29, 1.82) is 0 Å². The summed E-state index contributed by atoms with van der Waals surface area (Å²) in [7, 11) is -10.5. The van der Waals surface area contributed by atoms with Crippen LogP contribution in [0.5, 0.6) is 5.75 Å². The molecule has 0 bridgehead atoms. The molecule has 0 spiro atoms. The number of rotatable bonds is 13. The van der Waals surface area contributed by atoms with Crippen molar-refractivity contribution in [2.75, 3.05) is 35.8 Å². The third-order valence-electron chi connectivity index (χ3n) is 6.35. The van der Waals surface area contributed by atoms with Crippen LogP contribution in [0.3, 0.4) is 0 Å². The molecule has 252 valence electrons. The Labute approximate surface area is 272 Å². The highest BCUT2D eigenvalue weighted by molar-refractivity contribution is 7.99. The minimum Gasteiger partial charge on any atom is -0.507 e. The fourth-order valence-electron chi connectivity index (χ4n) is 4.27. The number of hydrogen-bond acceptors (Lipinski definition) is 15. The molecule has 22 heteroatoms. The number of aromatic amines is 1. The molecular formula is C25H27N7O11S4. The van der Waals surface area contributed by atoms with Gasteiger partial charge < -0.3 is 15.3 Å². The summed E-state index contributed by atoms with van der Waals surface area (Å²) in [5.41, 5.74) is -0.341. The average molecular weight is 730 g/mol. The van der Waals surface area contributed by atoms with Gasteiger partial charge in [-0.1, -0.05) is 23.9 Å². The first kappa shape index (κ1) is 35.7. The summed E-state index contributed by atoms with van der Waals surface area (Å²) in [6, 6.07) is 8.62. The van der Waals surface area contributed by atoms with E-state index in [4.69, 9.17) is 4.55 Å². The zero-order valence-corrected chi connectivity index (χ0v) is 27.7. The van der Waals surface area contributed by atoms with Crippen molar-refractivity contribution in [2.45, 2.75) is 27.9 Å². The van der Waals surface area contributed by atoms with Crippen LogP contribution < -0.4 is 15.9 Å². The molecule has 1 aromatic heterocycles. The zero-order chi connectivity index (χ0) is 34.7. The van der Waals surface area contributed by atoms with Crippen molar-refractivity contribution in [3.05, 3.63) is 58.5 Å². The molecule has 0 atom stereocenters. The van der Waals surface area contributed by atoms with Crippen LogP contribution in [0, 0.1) is 0 Å². The average Bonchev–Trinajstić information content (AvgIpc) is 2.96. The number of anilines is 2. The lowest BCUT2D eigenvalue weighted by atomic mass is 10.1. The van der Waals surface area contributed by atoms with E-state index in [-0.39, 0.29) is 52.0 Å². The topological polar surface area (TPSA) is 282 Å². The summed E-state index contributed by atoms with van der Waals surface area (Å²) in [4.78, 5) is 22.9. The molecule has 47 heavy (non-hydrogen) atoms. The Morgan fingerprint density at radius 3 is 2.32 bits per heavy atom. The molecule has 1 heterocycles. The number of thioether (sulfide) groups is 1. The molecule has 0 amide bonds. The van der Waals surface area contributed by atoms with E-state index in [1.165, 1.54) is 36.2 Å². The van der Waals surface area contributed by atoms with E-state index in [1.807, 2.05) is 0 Å². The predicted molar refractivity (Wildman–Crippen MR) is 172 cm³/mol. The van der Waals surface area contributed by atoms with Crippen LogP contribution in [0.2, 0.25) is 0 Å². The maximum atomic E-state index is 12.2. The van der Waals surface area contributed by atoms with E-state index in [2.05, 4.69) is 30.5 Å². The van der Waals surface area contributed by atoms with Crippen molar-refractivity contribution in [2.24, 2.45) is 10.2 Å². The van der Waals surface area contributed by atoms with Gasteiger partial charge in [0.05, 0.1) is 21.7 Å². The van der Waals surface area contributed by atoms with E-state index in [9.17, 15) is 44.3 Å². The second-order valence-electron chi connectivity index (χ2n) is 9.81. The molecule has 0 aliphatic heterocycles. The minimum absolute atomic E-state index is 0.0172. The number of nitrogens with zero attached hydrogens (tertiary/aromatic N) is 5. The number of hydrogen-bond donors (Lipinski definition) is 6.